The van der Waals surface area contributed by atoms with E-state index in [9.17, 15) is 0 Å². The van der Waals surface area contributed by atoms with Crippen molar-refractivity contribution in [3.05, 3.63) is 63.6 Å². The molecule has 1 N–H and O–H groups in total. The Kier molecular flexibility index (Phi) is 6.84. The summed E-state index contributed by atoms with van der Waals surface area (Å²) in [5.41, 5.74) is 2.32. The largest absolute Gasteiger partial charge is 0.542 e. The molecule has 1 atom stereocenters. The lowest BCUT2D eigenvalue weighted by Crippen LogP contribution is -2.43. The van der Waals surface area contributed by atoms with E-state index in [-0.39, 0.29) is 11.1 Å². The van der Waals surface area contributed by atoms with Crippen LogP contribution in [0.4, 0.5) is 0 Å². The maximum Gasteiger partial charge on any atom is 0.250 e. The van der Waals surface area contributed by atoms with Gasteiger partial charge < -0.3 is 9.74 Å². The summed E-state index contributed by atoms with van der Waals surface area (Å²) in [6, 6.07) is 14.2. The predicted molar refractivity (Wildman–Crippen MR) is 116 cm³/mol. The van der Waals surface area contributed by atoms with E-state index >= 15 is 0 Å². The highest BCUT2D eigenvalue weighted by Gasteiger charge is 2.39. The van der Waals surface area contributed by atoms with Gasteiger partial charge in [-0.2, -0.15) is 0 Å². The van der Waals surface area contributed by atoms with Gasteiger partial charge in [-0.05, 0) is 60.4 Å². The molecule has 0 amide bonds. The van der Waals surface area contributed by atoms with Crippen molar-refractivity contribution in [3.8, 4) is 5.75 Å². The lowest BCUT2D eigenvalue weighted by molar-refractivity contribution is 0.491. The Morgan fingerprint density at radius 2 is 1.77 bits per heavy atom. The van der Waals surface area contributed by atoms with Crippen molar-refractivity contribution in [2.24, 2.45) is 0 Å². The van der Waals surface area contributed by atoms with Gasteiger partial charge in [0.05, 0.1) is 5.02 Å². The number of hydrogen-bond donors (Lipinski definition) is 1. The van der Waals surface area contributed by atoms with Crippen LogP contribution in [0.15, 0.2) is 42.5 Å². The molecule has 0 unspecified atom stereocenters. The van der Waals surface area contributed by atoms with Crippen molar-refractivity contribution >= 4 is 31.5 Å². The standard InChI is InChI=1S/C21H29Cl2NOSi/c1-15(17-8-7-9-18(22)13-17)24-14-16-10-11-19(23)20(12-16)25-26(5,6)21(2,3)4/h7-13,15,24H,14H2,1-6H3/t15-/m1/s1. The number of hydrogen-bond acceptors (Lipinski definition) is 2. The number of nitrogens with one attached hydrogen (secondary N) is 1. The van der Waals surface area contributed by atoms with Crippen LogP contribution in [-0.4, -0.2) is 8.32 Å². The minimum Gasteiger partial charge on any atom is -0.542 e. The van der Waals surface area contributed by atoms with E-state index in [4.69, 9.17) is 27.6 Å². The van der Waals surface area contributed by atoms with Crippen molar-refractivity contribution in [3.63, 3.8) is 0 Å². The molecule has 2 rings (SSSR count). The topological polar surface area (TPSA) is 21.3 Å². The molecule has 0 aliphatic heterocycles. The molecule has 0 aliphatic rings. The molecule has 0 spiro atoms. The summed E-state index contributed by atoms with van der Waals surface area (Å²) in [5.74, 6) is 0.785. The van der Waals surface area contributed by atoms with E-state index in [1.54, 1.807) is 0 Å². The zero-order valence-electron chi connectivity index (χ0n) is 16.5. The van der Waals surface area contributed by atoms with Crippen LogP contribution in [0.25, 0.3) is 0 Å². The molecule has 0 saturated carbocycles. The highest BCUT2D eigenvalue weighted by molar-refractivity contribution is 6.74. The van der Waals surface area contributed by atoms with Crippen LogP contribution in [-0.2, 0) is 6.54 Å². The summed E-state index contributed by atoms with van der Waals surface area (Å²) in [5, 5.41) is 5.09. The first kappa shape index (κ1) is 21.3. The third-order valence-corrected chi connectivity index (χ3v) is 10.0. The summed E-state index contributed by atoms with van der Waals surface area (Å²) in [6.45, 7) is 14.0. The highest BCUT2D eigenvalue weighted by atomic mass is 35.5. The van der Waals surface area contributed by atoms with Gasteiger partial charge >= 0.3 is 0 Å². The summed E-state index contributed by atoms with van der Waals surface area (Å²) >= 11 is 12.5. The Hall–Kier alpha value is -1.00. The van der Waals surface area contributed by atoms with Gasteiger partial charge in [0.15, 0.2) is 0 Å². The molecule has 0 bridgehead atoms. The molecular weight excluding hydrogens is 381 g/mol. The number of halogens is 2. The molecule has 0 saturated heterocycles. The van der Waals surface area contributed by atoms with Crippen LogP contribution in [0, 0.1) is 0 Å². The molecule has 2 nitrogen and oxygen atoms in total. The smallest absolute Gasteiger partial charge is 0.250 e. The van der Waals surface area contributed by atoms with E-state index < -0.39 is 8.32 Å². The van der Waals surface area contributed by atoms with Crippen molar-refractivity contribution in [1.29, 1.82) is 0 Å². The molecule has 26 heavy (non-hydrogen) atoms. The third-order valence-electron chi connectivity index (χ3n) is 5.13. The maximum absolute atomic E-state index is 6.41. The lowest BCUT2D eigenvalue weighted by atomic mass is 10.1. The van der Waals surface area contributed by atoms with Crippen LogP contribution >= 0.6 is 23.2 Å². The van der Waals surface area contributed by atoms with E-state index in [1.807, 2.05) is 30.3 Å². The van der Waals surface area contributed by atoms with Crippen LogP contribution in [0.5, 0.6) is 5.75 Å². The summed E-state index contributed by atoms with van der Waals surface area (Å²) in [4.78, 5) is 0. The Balaban J connectivity index is 2.09. The second kappa shape index (κ2) is 8.35. The summed E-state index contributed by atoms with van der Waals surface area (Å²) < 4.78 is 6.41. The zero-order valence-corrected chi connectivity index (χ0v) is 19.0. The lowest BCUT2D eigenvalue weighted by Gasteiger charge is -2.36. The first-order chi connectivity index (χ1) is 12.0. The second-order valence-electron chi connectivity index (χ2n) is 8.28. The van der Waals surface area contributed by atoms with Gasteiger partial charge in [-0.3, -0.25) is 0 Å². The fourth-order valence-corrected chi connectivity index (χ4v) is 3.77. The Morgan fingerprint density at radius 1 is 1.08 bits per heavy atom. The molecule has 5 heteroatoms. The molecule has 2 aromatic carbocycles. The van der Waals surface area contributed by atoms with E-state index in [0.717, 1.165) is 22.9 Å². The Bertz CT molecular complexity index is 756. The second-order valence-corrected chi connectivity index (χ2v) is 13.9. The van der Waals surface area contributed by atoms with Crippen molar-refractivity contribution in [2.45, 2.75) is 58.4 Å². The molecule has 0 heterocycles. The first-order valence-electron chi connectivity index (χ1n) is 8.96. The molecule has 0 fully saturated rings. The minimum atomic E-state index is -1.92. The van der Waals surface area contributed by atoms with Gasteiger partial charge in [0.25, 0.3) is 8.32 Å². The number of rotatable bonds is 6. The van der Waals surface area contributed by atoms with Crippen molar-refractivity contribution in [1.82, 2.24) is 5.32 Å². The summed E-state index contributed by atoms with van der Waals surface area (Å²) in [7, 11) is -1.92. The Labute approximate surface area is 169 Å². The molecule has 0 aliphatic carbocycles. The van der Waals surface area contributed by atoms with E-state index in [2.05, 4.69) is 58.2 Å². The number of benzene rings is 2. The van der Waals surface area contributed by atoms with Crippen LogP contribution in [0.1, 0.15) is 44.9 Å². The zero-order chi connectivity index (χ0) is 19.5. The third kappa shape index (κ3) is 5.50. The minimum absolute atomic E-state index is 0.131. The maximum atomic E-state index is 6.41. The SMILES string of the molecule is C[C@@H](NCc1ccc(Cl)c(O[Si](C)(C)C(C)(C)C)c1)c1cccc(Cl)c1. The Morgan fingerprint density at radius 3 is 2.38 bits per heavy atom. The van der Waals surface area contributed by atoms with E-state index in [1.165, 1.54) is 5.56 Å². The van der Waals surface area contributed by atoms with Crippen molar-refractivity contribution in [2.75, 3.05) is 0 Å². The fourth-order valence-electron chi connectivity index (χ4n) is 2.33. The highest BCUT2D eigenvalue weighted by Crippen LogP contribution is 2.39. The van der Waals surface area contributed by atoms with Gasteiger partial charge in [0.2, 0.25) is 0 Å². The monoisotopic (exact) mass is 409 g/mol. The van der Waals surface area contributed by atoms with Gasteiger partial charge in [0.1, 0.15) is 5.75 Å². The van der Waals surface area contributed by atoms with Crippen LogP contribution in [0.3, 0.4) is 0 Å². The molecule has 0 radical (unpaired) electrons. The molecular formula is C21H29Cl2NOSi. The van der Waals surface area contributed by atoms with Gasteiger partial charge in [-0.25, -0.2) is 0 Å². The van der Waals surface area contributed by atoms with Crippen molar-refractivity contribution < 1.29 is 4.43 Å². The average Bonchev–Trinajstić information content (AvgIpc) is 2.54. The van der Waals surface area contributed by atoms with Gasteiger partial charge in [0, 0.05) is 17.6 Å². The van der Waals surface area contributed by atoms with Gasteiger partial charge in [-0.1, -0.05) is 62.2 Å². The van der Waals surface area contributed by atoms with Crippen LogP contribution in [0.2, 0.25) is 28.2 Å². The van der Waals surface area contributed by atoms with Gasteiger partial charge in [-0.15, -0.1) is 0 Å². The molecule has 142 valence electrons. The molecule has 2 aromatic rings. The van der Waals surface area contributed by atoms with Crippen LogP contribution < -0.4 is 9.74 Å². The fraction of sp³-hybridized carbons (Fsp3) is 0.429. The average molecular weight is 410 g/mol. The quantitative estimate of drug-likeness (QED) is 0.507. The normalized spacial score (nSPS) is 13.5. The van der Waals surface area contributed by atoms with E-state index in [0.29, 0.717) is 5.02 Å². The summed E-state index contributed by atoms with van der Waals surface area (Å²) in [6.07, 6.45) is 0. The predicted octanol–water partition coefficient (Wildman–Crippen LogP) is 7.23. The molecule has 0 aromatic heterocycles. The first-order valence-corrected chi connectivity index (χ1v) is 12.6.